The molecule has 0 saturated carbocycles. The lowest BCUT2D eigenvalue weighted by Gasteiger charge is -2.11. The summed E-state index contributed by atoms with van der Waals surface area (Å²) in [6.45, 7) is 0. The molecule has 0 aromatic heterocycles. The summed E-state index contributed by atoms with van der Waals surface area (Å²) in [5.41, 5.74) is 5.13. The van der Waals surface area contributed by atoms with Gasteiger partial charge in [0.1, 0.15) is 11.6 Å². The lowest BCUT2D eigenvalue weighted by Crippen LogP contribution is -2.03. The van der Waals surface area contributed by atoms with Gasteiger partial charge in [0, 0.05) is 10.5 Å². The Bertz CT molecular complexity index is 694. The van der Waals surface area contributed by atoms with Crippen molar-refractivity contribution in [3.63, 3.8) is 0 Å². The third-order valence-electron chi connectivity index (χ3n) is 2.44. The molecule has 0 atom stereocenters. The first-order valence-corrected chi connectivity index (χ1v) is 6.51. The van der Waals surface area contributed by atoms with Crippen LogP contribution in [0.3, 0.4) is 0 Å². The third kappa shape index (κ3) is 3.02. The van der Waals surface area contributed by atoms with E-state index in [9.17, 15) is 9.18 Å². The van der Waals surface area contributed by atoms with Crippen LogP contribution in [0.25, 0.3) is 0 Å². The van der Waals surface area contributed by atoms with Crippen molar-refractivity contribution in [3.8, 4) is 11.5 Å². The average Bonchev–Trinajstić information content (AvgIpc) is 2.36. The molecule has 2 aromatic rings. The van der Waals surface area contributed by atoms with Crippen LogP contribution in [-0.2, 0) is 0 Å². The molecule has 0 saturated heterocycles. The van der Waals surface area contributed by atoms with Crippen molar-refractivity contribution in [1.29, 1.82) is 0 Å². The first-order valence-electron chi connectivity index (χ1n) is 5.33. The van der Waals surface area contributed by atoms with E-state index in [1.165, 1.54) is 0 Å². The van der Waals surface area contributed by atoms with Crippen molar-refractivity contribution in [2.75, 3.05) is 5.73 Å². The van der Waals surface area contributed by atoms with Crippen LogP contribution in [0.1, 0.15) is 10.4 Å². The number of hydrogen-bond donors (Lipinski definition) is 2. The summed E-state index contributed by atoms with van der Waals surface area (Å²) in [5.74, 6) is -2.06. The highest BCUT2D eigenvalue weighted by Gasteiger charge is 2.15. The monoisotopic (exact) mass is 359 g/mol. The van der Waals surface area contributed by atoms with Crippen LogP contribution >= 0.6 is 27.5 Å². The van der Waals surface area contributed by atoms with Crippen molar-refractivity contribution in [1.82, 2.24) is 0 Å². The zero-order valence-electron chi connectivity index (χ0n) is 9.86. The van der Waals surface area contributed by atoms with Gasteiger partial charge in [0.2, 0.25) is 0 Å². The van der Waals surface area contributed by atoms with Crippen LogP contribution in [0, 0.1) is 5.82 Å². The number of ether oxygens (including phenoxy) is 1. The Morgan fingerprint density at radius 2 is 2.00 bits per heavy atom. The highest BCUT2D eigenvalue weighted by Crippen LogP contribution is 2.35. The molecule has 4 nitrogen and oxygen atoms in total. The van der Waals surface area contributed by atoms with Gasteiger partial charge in [-0.15, -0.1) is 0 Å². The van der Waals surface area contributed by atoms with E-state index in [4.69, 9.17) is 27.2 Å². The topological polar surface area (TPSA) is 72.6 Å². The van der Waals surface area contributed by atoms with E-state index in [1.807, 2.05) is 0 Å². The smallest absolute Gasteiger partial charge is 0.338 e. The SMILES string of the molecule is Nc1cc(C(=O)O)c(F)cc1Oc1ccc(Br)cc1Cl. The van der Waals surface area contributed by atoms with Gasteiger partial charge in [0.25, 0.3) is 0 Å². The highest BCUT2D eigenvalue weighted by atomic mass is 79.9. The first-order chi connectivity index (χ1) is 9.38. The quantitative estimate of drug-likeness (QED) is 0.800. The second-order valence-electron chi connectivity index (χ2n) is 3.85. The number of carbonyl (C=O) groups is 1. The van der Waals surface area contributed by atoms with Gasteiger partial charge >= 0.3 is 5.97 Å². The number of hydrogen-bond acceptors (Lipinski definition) is 3. The van der Waals surface area contributed by atoms with E-state index in [0.717, 1.165) is 16.6 Å². The maximum absolute atomic E-state index is 13.6. The number of carboxylic acid groups (broad SMARTS) is 1. The Kier molecular flexibility index (Phi) is 4.15. The van der Waals surface area contributed by atoms with E-state index in [1.54, 1.807) is 18.2 Å². The van der Waals surface area contributed by atoms with Crippen LogP contribution in [0.15, 0.2) is 34.8 Å². The van der Waals surface area contributed by atoms with E-state index < -0.39 is 17.3 Å². The molecule has 0 spiro atoms. The number of nitrogens with two attached hydrogens (primary N) is 1. The summed E-state index contributed by atoms with van der Waals surface area (Å²) in [5, 5.41) is 9.09. The Hall–Kier alpha value is -1.79. The van der Waals surface area contributed by atoms with Crippen LogP contribution < -0.4 is 10.5 Å². The molecule has 0 aliphatic heterocycles. The van der Waals surface area contributed by atoms with Gasteiger partial charge < -0.3 is 15.6 Å². The number of carboxylic acids is 1. The summed E-state index contributed by atoms with van der Waals surface area (Å²) in [6.07, 6.45) is 0. The van der Waals surface area contributed by atoms with E-state index in [2.05, 4.69) is 15.9 Å². The fourth-order valence-electron chi connectivity index (χ4n) is 1.50. The molecule has 0 radical (unpaired) electrons. The maximum atomic E-state index is 13.6. The fraction of sp³-hybridized carbons (Fsp3) is 0. The number of aromatic carboxylic acids is 1. The molecule has 0 bridgehead atoms. The molecule has 0 heterocycles. The average molecular weight is 361 g/mol. The van der Waals surface area contributed by atoms with Crippen LogP contribution in [0.5, 0.6) is 11.5 Å². The van der Waals surface area contributed by atoms with E-state index in [0.29, 0.717) is 5.02 Å². The van der Waals surface area contributed by atoms with Crippen molar-refractivity contribution < 1.29 is 19.0 Å². The molecule has 0 amide bonds. The molecule has 0 aliphatic carbocycles. The lowest BCUT2D eigenvalue weighted by atomic mass is 10.1. The maximum Gasteiger partial charge on any atom is 0.338 e. The molecular formula is C13H8BrClFNO3. The first kappa shape index (κ1) is 14.6. The van der Waals surface area contributed by atoms with Gasteiger partial charge in [-0.25, -0.2) is 9.18 Å². The Balaban J connectivity index is 2.39. The molecule has 3 N–H and O–H groups in total. The van der Waals surface area contributed by atoms with Gasteiger partial charge in [-0.3, -0.25) is 0 Å². The number of rotatable bonds is 3. The Morgan fingerprint density at radius 1 is 1.30 bits per heavy atom. The minimum atomic E-state index is -1.40. The predicted molar refractivity (Wildman–Crippen MR) is 77.0 cm³/mol. The molecule has 2 rings (SSSR count). The van der Waals surface area contributed by atoms with Gasteiger partial charge in [0.05, 0.1) is 16.3 Å². The summed E-state index contributed by atoms with van der Waals surface area (Å²) in [4.78, 5) is 10.8. The fourth-order valence-corrected chi connectivity index (χ4v) is 2.21. The van der Waals surface area contributed by atoms with Gasteiger partial charge in [0.15, 0.2) is 5.75 Å². The standard InChI is InChI=1S/C13H8BrClFNO3/c14-6-1-2-11(8(15)3-6)20-12-5-9(16)7(13(18)19)4-10(12)17/h1-5H,17H2,(H,18,19). The van der Waals surface area contributed by atoms with Crippen LogP contribution in [0.2, 0.25) is 5.02 Å². The molecule has 0 aliphatic rings. The number of halogens is 3. The molecular weight excluding hydrogens is 353 g/mol. The predicted octanol–water partition coefficient (Wildman–Crippen LogP) is 4.31. The van der Waals surface area contributed by atoms with Crippen molar-refractivity contribution in [2.45, 2.75) is 0 Å². The summed E-state index contributed by atoms with van der Waals surface area (Å²) in [7, 11) is 0. The molecule has 104 valence electrons. The number of benzene rings is 2. The Morgan fingerprint density at radius 3 is 2.60 bits per heavy atom. The number of nitrogen functional groups attached to an aromatic ring is 1. The van der Waals surface area contributed by atoms with Crippen molar-refractivity contribution in [2.24, 2.45) is 0 Å². The lowest BCUT2D eigenvalue weighted by molar-refractivity contribution is 0.0692. The van der Waals surface area contributed by atoms with Gasteiger partial charge in [-0.05, 0) is 24.3 Å². The normalized spacial score (nSPS) is 10.3. The van der Waals surface area contributed by atoms with E-state index >= 15 is 0 Å². The summed E-state index contributed by atoms with van der Waals surface area (Å²) in [6, 6.07) is 6.79. The Labute approximate surface area is 127 Å². The van der Waals surface area contributed by atoms with Crippen molar-refractivity contribution in [3.05, 3.63) is 51.2 Å². The third-order valence-corrected chi connectivity index (χ3v) is 3.23. The minimum absolute atomic E-state index is 0.00258. The summed E-state index contributed by atoms with van der Waals surface area (Å²) >= 11 is 9.21. The van der Waals surface area contributed by atoms with Crippen LogP contribution in [0.4, 0.5) is 10.1 Å². The second-order valence-corrected chi connectivity index (χ2v) is 5.17. The summed E-state index contributed by atoms with van der Waals surface area (Å²) < 4.78 is 19.8. The molecule has 20 heavy (non-hydrogen) atoms. The zero-order valence-corrected chi connectivity index (χ0v) is 12.2. The molecule has 0 unspecified atom stereocenters. The van der Waals surface area contributed by atoms with Crippen molar-refractivity contribution >= 4 is 39.2 Å². The second kappa shape index (κ2) is 5.68. The zero-order chi connectivity index (χ0) is 14.9. The van der Waals surface area contributed by atoms with Gasteiger partial charge in [-0.1, -0.05) is 27.5 Å². The highest BCUT2D eigenvalue weighted by molar-refractivity contribution is 9.10. The van der Waals surface area contributed by atoms with E-state index in [-0.39, 0.29) is 17.2 Å². The van der Waals surface area contributed by atoms with Gasteiger partial charge in [-0.2, -0.15) is 0 Å². The minimum Gasteiger partial charge on any atom is -0.478 e. The van der Waals surface area contributed by atoms with Crippen LogP contribution in [-0.4, -0.2) is 11.1 Å². The molecule has 0 fully saturated rings. The largest absolute Gasteiger partial charge is 0.478 e. The molecule has 7 heteroatoms. The number of anilines is 1. The molecule has 2 aromatic carbocycles.